The fourth-order valence-electron chi connectivity index (χ4n) is 5.32. The summed E-state index contributed by atoms with van der Waals surface area (Å²) in [6.45, 7) is 5.78. The van der Waals surface area contributed by atoms with Gasteiger partial charge in [0.05, 0.1) is 0 Å². The van der Waals surface area contributed by atoms with E-state index in [4.69, 9.17) is 0 Å². The summed E-state index contributed by atoms with van der Waals surface area (Å²) in [4.78, 5) is 9.21. The lowest BCUT2D eigenvalue weighted by molar-refractivity contribution is 0.116. The van der Waals surface area contributed by atoms with E-state index in [2.05, 4.69) is 69.4 Å². The molecule has 1 N–H and O–H groups in total. The highest BCUT2D eigenvalue weighted by Gasteiger charge is 2.30. The van der Waals surface area contributed by atoms with Crippen molar-refractivity contribution in [3.05, 3.63) is 71.4 Å². The van der Waals surface area contributed by atoms with Crippen LogP contribution in [0.5, 0.6) is 0 Å². The van der Waals surface area contributed by atoms with Crippen LogP contribution in [0.3, 0.4) is 0 Å². The van der Waals surface area contributed by atoms with Crippen molar-refractivity contribution in [1.82, 2.24) is 14.8 Å². The molecule has 0 unspecified atom stereocenters. The van der Waals surface area contributed by atoms with Gasteiger partial charge in [0.2, 0.25) is 0 Å². The van der Waals surface area contributed by atoms with Crippen molar-refractivity contribution >= 4 is 10.9 Å². The number of nitrogens with zero attached hydrogens (tertiary/aromatic N) is 2. The third-order valence-corrected chi connectivity index (χ3v) is 6.86. The zero-order chi connectivity index (χ0) is 19.5. The van der Waals surface area contributed by atoms with E-state index < -0.39 is 0 Å². The number of aromatic nitrogens is 1. The van der Waals surface area contributed by atoms with Crippen molar-refractivity contribution in [3.63, 3.8) is 0 Å². The molecule has 0 spiro atoms. The van der Waals surface area contributed by atoms with E-state index in [9.17, 15) is 0 Å². The predicted octanol–water partition coefficient (Wildman–Crippen LogP) is 5.36. The van der Waals surface area contributed by atoms with Crippen molar-refractivity contribution in [3.8, 4) is 0 Å². The molecule has 1 fully saturated rings. The van der Waals surface area contributed by atoms with Crippen LogP contribution in [0.25, 0.3) is 10.9 Å². The SMILES string of the molecule is c1ccc(CN2CCCCCCCN3Cc4[nH]c5ccccc5c4C[C@H]3C2)cc1. The fraction of sp³-hybridized carbons (Fsp3) is 0.462. The van der Waals surface area contributed by atoms with Crippen LogP contribution >= 0.6 is 0 Å². The van der Waals surface area contributed by atoms with E-state index in [0.29, 0.717) is 6.04 Å². The molecule has 2 aromatic carbocycles. The van der Waals surface area contributed by atoms with E-state index in [1.807, 2.05) is 0 Å². The summed E-state index contributed by atoms with van der Waals surface area (Å²) in [5.74, 6) is 0. The van der Waals surface area contributed by atoms with E-state index in [0.717, 1.165) is 13.1 Å². The monoisotopic (exact) mass is 387 g/mol. The van der Waals surface area contributed by atoms with Crippen LogP contribution < -0.4 is 0 Å². The maximum atomic E-state index is 3.72. The lowest BCUT2D eigenvalue weighted by Gasteiger charge is -2.38. The zero-order valence-corrected chi connectivity index (χ0v) is 17.4. The van der Waals surface area contributed by atoms with Gasteiger partial charge in [0, 0.05) is 42.3 Å². The molecule has 1 aromatic heterocycles. The molecule has 1 saturated heterocycles. The average Bonchev–Trinajstić information content (AvgIpc) is 3.09. The van der Waals surface area contributed by atoms with Gasteiger partial charge in [-0.3, -0.25) is 9.80 Å². The highest BCUT2D eigenvalue weighted by Crippen LogP contribution is 2.31. The minimum Gasteiger partial charge on any atom is -0.357 e. The molecular formula is C26H33N3. The van der Waals surface area contributed by atoms with Gasteiger partial charge < -0.3 is 4.98 Å². The third kappa shape index (κ3) is 4.26. The van der Waals surface area contributed by atoms with Crippen LogP contribution in [0.2, 0.25) is 0 Å². The lowest BCUT2D eigenvalue weighted by atomic mass is 9.95. The molecule has 3 heteroatoms. The van der Waals surface area contributed by atoms with Gasteiger partial charge >= 0.3 is 0 Å². The Labute approximate surface area is 174 Å². The second-order valence-corrected chi connectivity index (χ2v) is 8.94. The predicted molar refractivity (Wildman–Crippen MR) is 121 cm³/mol. The first-order chi connectivity index (χ1) is 14.4. The van der Waals surface area contributed by atoms with E-state index in [1.54, 1.807) is 5.56 Å². The molecular weight excluding hydrogens is 354 g/mol. The first-order valence-electron chi connectivity index (χ1n) is 11.5. The molecule has 2 aliphatic heterocycles. The number of para-hydroxylation sites is 1. The summed E-state index contributed by atoms with van der Waals surface area (Å²) < 4.78 is 0. The molecule has 29 heavy (non-hydrogen) atoms. The van der Waals surface area contributed by atoms with Crippen LogP contribution in [-0.4, -0.2) is 40.5 Å². The Bertz CT molecular complexity index is 930. The van der Waals surface area contributed by atoms with Crippen LogP contribution in [0, 0.1) is 0 Å². The Balaban J connectivity index is 1.41. The van der Waals surface area contributed by atoms with Crippen LogP contribution in [-0.2, 0) is 19.5 Å². The van der Waals surface area contributed by atoms with Crippen molar-refractivity contribution in [2.45, 2.75) is 57.7 Å². The number of H-pyrrole nitrogens is 1. The van der Waals surface area contributed by atoms with Crippen molar-refractivity contribution in [2.75, 3.05) is 19.6 Å². The number of benzene rings is 2. The summed E-state index contributed by atoms with van der Waals surface area (Å²) >= 11 is 0. The summed E-state index contributed by atoms with van der Waals surface area (Å²) in [7, 11) is 0. The number of aromatic amines is 1. The molecule has 0 radical (unpaired) electrons. The summed E-state index contributed by atoms with van der Waals surface area (Å²) in [6.07, 6.45) is 7.98. The van der Waals surface area contributed by atoms with E-state index in [-0.39, 0.29) is 0 Å². The molecule has 5 rings (SSSR count). The summed E-state index contributed by atoms with van der Waals surface area (Å²) in [6, 6.07) is 20.5. The maximum Gasteiger partial charge on any atom is 0.0459 e. The third-order valence-electron chi connectivity index (χ3n) is 6.86. The normalized spacial score (nSPS) is 22.0. The van der Waals surface area contributed by atoms with Crippen molar-refractivity contribution in [2.24, 2.45) is 0 Å². The minimum absolute atomic E-state index is 0.614. The Morgan fingerprint density at radius 2 is 1.59 bits per heavy atom. The topological polar surface area (TPSA) is 22.3 Å². The fourth-order valence-corrected chi connectivity index (χ4v) is 5.32. The molecule has 1 atom stereocenters. The Morgan fingerprint density at radius 1 is 0.828 bits per heavy atom. The van der Waals surface area contributed by atoms with Gasteiger partial charge in [-0.05, 0) is 49.5 Å². The molecule has 0 saturated carbocycles. The van der Waals surface area contributed by atoms with Crippen molar-refractivity contribution in [1.29, 1.82) is 0 Å². The zero-order valence-electron chi connectivity index (χ0n) is 17.4. The molecule has 0 amide bonds. The number of nitrogens with one attached hydrogen (secondary N) is 1. The van der Waals surface area contributed by atoms with Gasteiger partial charge in [0.1, 0.15) is 0 Å². The molecule has 3 nitrogen and oxygen atoms in total. The van der Waals surface area contributed by atoms with Gasteiger partial charge in [-0.2, -0.15) is 0 Å². The van der Waals surface area contributed by atoms with Gasteiger partial charge in [-0.1, -0.05) is 67.8 Å². The minimum atomic E-state index is 0.614. The highest BCUT2D eigenvalue weighted by molar-refractivity contribution is 5.84. The smallest absolute Gasteiger partial charge is 0.0459 e. The average molecular weight is 388 g/mol. The van der Waals surface area contributed by atoms with E-state index in [1.165, 1.54) is 80.3 Å². The van der Waals surface area contributed by atoms with Gasteiger partial charge in [-0.25, -0.2) is 0 Å². The first kappa shape index (κ1) is 18.9. The molecule has 3 heterocycles. The van der Waals surface area contributed by atoms with Crippen LogP contribution in [0.1, 0.15) is 48.9 Å². The van der Waals surface area contributed by atoms with Gasteiger partial charge in [0.15, 0.2) is 0 Å². The van der Waals surface area contributed by atoms with Gasteiger partial charge in [0.25, 0.3) is 0 Å². The Kier molecular flexibility index (Phi) is 5.69. The van der Waals surface area contributed by atoms with Gasteiger partial charge in [-0.15, -0.1) is 0 Å². The van der Waals surface area contributed by atoms with Crippen LogP contribution in [0.4, 0.5) is 0 Å². The standard InChI is InChI=1S/C26H33N3/c1-2-9-15-28(18-21-11-5-4-6-12-21)19-22-17-24-23-13-7-8-14-25(23)27-26(24)20-29(22)16-10-3-1/h4-8,11-14,22,27H,1-3,9-10,15-20H2/t22-/m0/s1. The second kappa shape index (κ2) is 8.73. The lowest BCUT2D eigenvalue weighted by Crippen LogP contribution is -2.47. The maximum absolute atomic E-state index is 3.72. The number of hydrogen-bond acceptors (Lipinski definition) is 2. The number of rotatable bonds is 2. The molecule has 0 bridgehead atoms. The highest BCUT2D eigenvalue weighted by atomic mass is 15.2. The second-order valence-electron chi connectivity index (χ2n) is 8.94. The molecule has 152 valence electrons. The summed E-state index contributed by atoms with van der Waals surface area (Å²) in [5, 5.41) is 1.44. The Hall–Kier alpha value is -2.10. The number of fused-ring (bicyclic) bond motifs is 4. The quantitative estimate of drug-likeness (QED) is 0.639. The van der Waals surface area contributed by atoms with Crippen molar-refractivity contribution < 1.29 is 0 Å². The molecule has 0 aliphatic carbocycles. The molecule has 2 aliphatic rings. The first-order valence-corrected chi connectivity index (χ1v) is 11.5. The Morgan fingerprint density at radius 3 is 2.48 bits per heavy atom. The number of hydrogen-bond donors (Lipinski definition) is 1. The summed E-state index contributed by atoms with van der Waals surface area (Å²) in [5.41, 5.74) is 5.76. The largest absolute Gasteiger partial charge is 0.357 e. The van der Waals surface area contributed by atoms with E-state index >= 15 is 0 Å². The van der Waals surface area contributed by atoms with Crippen LogP contribution in [0.15, 0.2) is 54.6 Å². The molecule has 3 aromatic rings.